The average Bonchev–Trinajstić information content (AvgIpc) is 3.75. The minimum absolute atomic E-state index is 0.105. The molecular weight excluding hydrogens is 421 g/mol. The Hall–Kier alpha value is -3.94. The molecular formula is C25H20FN5O2. The summed E-state index contributed by atoms with van der Waals surface area (Å²) in [6.07, 6.45) is 8.29. The molecule has 0 bridgehead atoms. The normalized spacial score (nSPS) is 15.5. The van der Waals surface area contributed by atoms with Crippen molar-refractivity contribution in [3.8, 4) is 22.4 Å². The molecule has 6 rings (SSSR count). The van der Waals surface area contributed by atoms with Gasteiger partial charge in [0.1, 0.15) is 17.3 Å². The molecule has 0 N–H and O–H groups in total. The zero-order valence-corrected chi connectivity index (χ0v) is 17.7. The number of amides is 2. The lowest BCUT2D eigenvalue weighted by Crippen LogP contribution is -2.39. The quantitative estimate of drug-likeness (QED) is 0.432. The Kier molecular flexibility index (Phi) is 4.53. The second-order valence-electron chi connectivity index (χ2n) is 8.58. The fourth-order valence-electron chi connectivity index (χ4n) is 4.02. The van der Waals surface area contributed by atoms with Crippen molar-refractivity contribution in [1.82, 2.24) is 19.6 Å². The number of rotatable bonds is 5. The molecule has 0 radical (unpaired) electrons. The Morgan fingerprint density at radius 2 is 1.61 bits per heavy atom. The van der Waals surface area contributed by atoms with Crippen molar-refractivity contribution >= 4 is 23.3 Å². The van der Waals surface area contributed by atoms with E-state index in [9.17, 15) is 14.0 Å². The number of hydrogen-bond acceptors (Lipinski definition) is 5. The molecule has 2 saturated carbocycles. The van der Waals surface area contributed by atoms with E-state index in [0.717, 1.165) is 42.4 Å². The van der Waals surface area contributed by atoms with Crippen LogP contribution in [-0.4, -0.2) is 31.4 Å². The van der Waals surface area contributed by atoms with E-state index < -0.39 is 0 Å². The number of fused-ring (bicyclic) bond motifs is 1. The zero-order chi connectivity index (χ0) is 22.5. The van der Waals surface area contributed by atoms with E-state index in [0.29, 0.717) is 17.2 Å². The minimum Gasteiger partial charge on any atom is -0.274 e. The molecule has 4 aromatic rings. The molecule has 0 saturated heterocycles. The summed E-state index contributed by atoms with van der Waals surface area (Å²) in [7, 11) is 0. The van der Waals surface area contributed by atoms with Gasteiger partial charge in [-0.3, -0.25) is 9.59 Å². The van der Waals surface area contributed by atoms with Crippen LogP contribution < -0.4 is 4.90 Å². The number of imide groups is 1. The van der Waals surface area contributed by atoms with Crippen molar-refractivity contribution in [1.29, 1.82) is 0 Å². The smallest absolute Gasteiger partial charge is 0.238 e. The minimum atomic E-state index is -0.332. The van der Waals surface area contributed by atoms with Crippen LogP contribution in [-0.2, 0) is 9.59 Å². The molecule has 3 aromatic heterocycles. The lowest BCUT2D eigenvalue weighted by atomic mass is 10.0. The fraction of sp³-hybridized carbons (Fsp3) is 0.240. The summed E-state index contributed by atoms with van der Waals surface area (Å²) in [4.78, 5) is 36.2. The molecule has 8 heteroatoms. The molecule has 33 heavy (non-hydrogen) atoms. The van der Waals surface area contributed by atoms with E-state index in [-0.39, 0.29) is 29.5 Å². The van der Waals surface area contributed by atoms with Gasteiger partial charge in [0.05, 0.1) is 5.56 Å². The molecule has 3 heterocycles. The zero-order valence-electron chi connectivity index (χ0n) is 17.7. The van der Waals surface area contributed by atoms with E-state index in [1.807, 2.05) is 6.07 Å². The molecule has 164 valence electrons. The molecule has 2 aliphatic rings. The van der Waals surface area contributed by atoms with Gasteiger partial charge in [-0.2, -0.15) is 5.10 Å². The van der Waals surface area contributed by atoms with Crippen LogP contribution >= 0.6 is 0 Å². The van der Waals surface area contributed by atoms with Gasteiger partial charge in [-0.15, -0.1) is 0 Å². The number of nitrogens with zero attached hydrogens (tertiary/aromatic N) is 5. The Labute approximate surface area is 188 Å². The lowest BCUT2D eigenvalue weighted by molar-refractivity contribution is -0.127. The van der Waals surface area contributed by atoms with E-state index in [1.165, 1.54) is 17.0 Å². The number of anilines is 1. The topological polar surface area (TPSA) is 80.5 Å². The van der Waals surface area contributed by atoms with Gasteiger partial charge < -0.3 is 0 Å². The predicted molar refractivity (Wildman–Crippen MR) is 120 cm³/mol. The highest BCUT2D eigenvalue weighted by Gasteiger charge is 2.42. The van der Waals surface area contributed by atoms with Crippen LogP contribution in [0.2, 0.25) is 0 Å². The number of carbonyl (C=O) groups is 2. The van der Waals surface area contributed by atoms with Crippen molar-refractivity contribution in [2.45, 2.75) is 25.7 Å². The number of carbonyl (C=O) groups excluding carboxylic acids is 2. The van der Waals surface area contributed by atoms with Crippen LogP contribution in [0.1, 0.15) is 25.7 Å². The van der Waals surface area contributed by atoms with Crippen LogP contribution in [0.25, 0.3) is 28.0 Å². The van der Waals surface area contributed by atoms with Gasteiger partial charge in [-0.1, -0.05) is 0 Å². The number of hydrogen-bond donors (Lipinski definition) is 0. The molecule has 0 unspecified atom stereocenters. The van der Waals surface area contributed by atoms with Gasteiger partial charge >= 0.3 is 0 Å². The van der Waals surface area contributed by atoms with Gasteiger partial charge in [-0.25, -0.2) is 23.8 Å². The predicted octanol–water partition coefficient (Wildman–Crippen LogP) is 4.28. The first-order chi connectivity index (χ1) is 16.1. The molecule has 0 atom stereocenters. The first-order valence-corrected chi connectivity index (χ1v) is 11.0. The summed E-state index contributed by atoms with van der Waals surface area (Å²) in [6, 6.07) is 11.5. The van der Waals surface area contributed by atoms with Gasteiger partial charge in [0.2, 0.25) is 11.8 Å². The summed E-state index contributed by atoms with van der Waals surface area (Å²) < 4.78 is 15.2. The number of benzene rings is 1. The summed E-state index contributed by atoms with van der Waals surface area (Å²) in [5.41, 5.74) is 3.42. The highest BCUT2D eigenvalue weighted by atomic mass is 19.1. The van der Waals surface area contributed by atoms with E-state index in [4.69, 9.17) is 0 Å². The Morgan fingerprint density at radius 3 is 2.27 bits per heavy atom. The van der Waals surface area contributed by atoms with Gasteiger partial charge in [-0.05, 0) is 73.7 Å². The Bertz CT molecular complexity index is 1370. The Morgan fingerprint density at radius 1 is 0.909 bits per heavy atom. The van der Waals surface area contributed by atoms with Crippen LogP contribution in [0.3, 0.4) is 0 Å². The first-order valence-electron chi connectivity index (χ1n) is 11.0. The SMILES string of the molecule is O=C(C1CC1)N(C(=O)C1CC1)c1cc(-c2c(-c3ccc(F)cc3)nn3cccnc23)ccn1. The monoisotopic (exact) mass is 441 g/mol. The lowest BCUT2D eigenvalue weighted by Gasteiger charge is -2.20. The molecule has 2 fully saturated rings. The second kappa shape index (κ2) is 7.58. The van der Waals surface area contributed by atoms with Crippen LogP contribution in [0.5, 0.6) is 0 Å². The van der Waals surface area contributed by atoms with Crippen LogP contribution in [0.15, 0.2) is 61.1 Å². The van der Waals surface area contributed by atoms with Crippen molar-refractivity contribution in [3.63, 3.8) is 0 Å². The Balaban J connectivity index is 1.50. The van der Waals surface area contributed by atoms with Crippen molar-refractivity contribution in [3.05, 3.63) is 66.9 Å². The first kappa shape index (κ1) is 19.7. The summed E-state index contributed by atoms with van der Waals surface area (Å²) in [5.74, 6) is -0.567. The number of pyridine rings is 1. The number of halogens is 1. The molecule has 0 spiro atoms. The maximum atomic E-state index is 13.5. The molecule has 2 amide bonds. The second-order valence-corrected chi connectivity index (χ2v) is 8.58. The fourth-order valence-corrected chi connectivity index (χ4v) is 4.02. The van der Waals surface area contributed by atoms with E-state index in [2.05, 4.69) is 15.1 Å². The summed E-state index contributed by atoms with van der Waals surface area (Å²) >= 11 is 0. The third-order valence-corrected chi connectivity index (χ3v) is 6.07. The molecule has 1 aromatic carbocycles. The molecule has 7 nitrogen and oxygen atoms in total. The maximum Gasteiger partial charge on any atom is 0.238 e. The van der Waals surface area contributed by atoms with E-state index in [1.54, 1.807) is 47.4 Å². The van der Waals surface area contributed by atoms with Gasteiger partial charge in [0.25, 0.3) is 0 Å². The summed E-state index contributed by atoms with van der Waals surface area (Å²) in [5, 5.41) is 4.67. The van der Waals surface area contributed by atoms with Crippen molar-refractivity contribution in [2.75, 3.05) is 4.90 Å². The largest absolute Gasteiger partial charge is 0.274 e. The third-order valence-electron chi connectivity index (χ3n) is 6.07. The van der Waals surface area contributed by atoms with Crippen molar-refractivity contribution in [2.24, 2.45) is 11.8 Å². The number of aromatic nitrogens is 4. The van der Waals surface area contributed by atoms with E-state index >= 15 is 0 Å². The standard InChI is InChI=1S/C25H20FN5O2/c26-19-8-6-15(7-9-19)22-21(23-28-11-1-13-30(23)29-22)18-10-12-27-20(14-18)31(24(32)16-2-3-16)25(33)17-4-5-17/h1,6-14,16-17H,2-5H2. The van der Waals surface area contributed by atoms with Crippen LogP contribution in [0, 0.1) is 17.7 Å². The molecule has 2 aliphatic carbocycles. The van der Waals surface area contributed by atoms with Gasteiger partial charge in [0, 0.05) is 36.0 Å². The highest BCUT2D eigenvalue weighted by Crippen LogP contribution is 2.39. The highest BCUT2D eigenvalue weighted by molar-refractivity contribution is 6.17. The average molecular weight is 441 g/mol. The van der Waals surface area contributed by atoms with Gasteiger partial charge in [0.15, 0.2) is 5.65 Å². The third kappa shape index (κ3) is 3.57. The van der Waals surface area contributed by atoms with Crippen molar-refractivity contribution < 1.29 is 14.0 Å². The molecule has 0 aliphatic heterocycles. The maximum absolute atomic E-state index is 13.5. The summed E-state index contributed by atoms with van der Waals surface area (Å²) in [6.45, 7) is 0. The van der Waals surface area contributed by atoms with Crippen LogP contribution in [0.4, 0.5) is 10.2 Å².